The molecule has 2 atom stereocenters. The third-order valence-electron chi connectivity index (χ3n) is 6.67. The van der Waals surface area contributed by atoms with Crippen LogP contribution in [0.15, 0.2) is 27.8 Å². The normalized spacial score (nSPS) is 20.2. The fourth-order valence-corrected chi connectivity index (χ4v) is 6.78. The van der Waals surface area contributed by atoms with Gasteiger partial charge < -0.3 is 40.6 Å². The number of oxime groups is 1. The molecule has 0 spiro atoms. The van der Waals surface area contributed by atoms with E-state index in [-0.39, 0.29) is 70.0 Å². The minimum Gasteiger partial charge on any atom is -0.543 e. The molecule has 18 nitrogen and oxygen atoms in total. The molecule has 0 radical (unpaired) electrons. The van der Waals surface area contributed by atoms with Crippen LogP contribution in [0.3, 0.4) is 0 Å². The Balaban J connectivity index is 0.00000423. The Morgan fingerprint density at radius 1 is 1.30 bits per heavy atom. The summed E-state index contributed by atoms with van der Waals surface area (Å²) in [6.07, 6.45) is 1.45. The van der Waals surface area contributed by atoms with E-state index in [9.17, 15) is 24.3 Å². The van der Waals surface area contributed by atoms with Crippen LogP contribution >= 0.6 is 23.5 Å². The molecule has 2 saturated heterocycles. The topological polar surface area (TPSA) is 231 Å². The van der Waals surface area contributed by atoms with Crippen molar-refractivity contribution in [1.82, 2.24) is 50.2 Å². The molecule has 4 N–H and O–H groups in total. The molecule has 2 aromatic rings. The zero-order chi connectivity index (χ0) is 30.0. The Hall–Kier alpha value is -3.17. The summed E-state index contributed by atoms with van der Waals surface area (Å²) >= 11 is 2.52. The van der Waals surface area contributed by atoms with Crippen LogP contribution in [-0.4, -0.2) is 125 Å². The molecular weight excluding hydrogens is 615 g/mol. The number of anilines is 1. The van der Waals surface area contributed by atoms with Crippen molar-refractivity contribution in [1.29, 1.82) is 0 Å². The van der Waals surface area contributed by atoms with E-state index < -0.39 is 35.8 Å². The fraction of sp³-hybridized carbons (Fsp3) is 0.500. The molecule has 0 unspecified atom stereocenters. The van der Waals surface area contributed by atoms with E-state index in [2.05, 4.69) is 36.3 Å². The summed E-state index contributed by atoms with van der Waals surface area (Å²) in [5.41, 5.74) is 5.83. The molecule has 3 amide bonds. The van der Waals surface area contributed by atoms with Crippen molar-refractivity contribution in [2.24, 2.45) is 19.3 Å². The van der Waals surface area contributed by atoms with E-state index in [0.717, 1.165) is 4.90 Å². The largest absolute Gasteiger partial charge is 1.00 e. The van der Waals surface area contributed by atoms with Gasteiger partial charge >= 0.3 is 29.6 Å². The number of hydrogen-bond donors (Lipinski definition) is 3. The number of aromatic nitrogens is 6. The first-order valence-corrected chi connectivity index (χ1v) is 14.7. The van der Waals surface area contributed by atoms with E-state index in [0.29, 0.717) is 36.9 Å². The Labute approximate surface area is 275 Å². The van der Waals surface area contributed by atoms with E-state index >= 15 is 0 Å². The minimum absolute atomic E-state index is 0. The van der Waals surface area contributed by atoms with Gasteiger partial charge in [-0.05, 0) is 16.0 Å². The van der Waals surface area contributed by atoms with Crippen LogP contribution in [0.2, 0.25) is 0 Å². The number of nitrogens with one attached hydrogen (secondary N) is 2. The number of thioether (sulfide) groups is 2. The molecule has 43 heavy (non-hydrogen) atoms. The number of nitrogen functional groups attached to an aromatic ring is 1. The molecule has 224 valence electrons. The molecule has 3 aliphatic rings. The quantitative estimate of drug-likeness (QED) is 0.0719. The SMILES string of the molecule is Cn1cc(C(=NOCC(=O)N2CCNCC2)C(=O)N[C@@H]2C(=O)N3C(C(=O)[O-])=C(CSc4nnnn4C)CS[C@@H]23)nc1N.[Na+]. The van der Waals surface area contributed by atoms with Gasteiger partial charge in [-0.15, -0.1) is 16.9 Å². The first kappa shape index (κ1) is 32.7. The maximum absolute atomic E-state index is 13.3. The zero-order valence-electron chi connectivity index (χ0n) is 23.6. The smallest absolute Gasteiger partial charge is 0.543 e. The maximum Gasteiger partial charge on any atom is 1.00 e. The van der Waals surface area contributed by atoms with Gasteiger partial charge in [0.1, 0.15) is 17.1 Å². The van der Waals surface area contributed by atoms with Gasteiger partial charge in [0.05, 0.1) is 11.7 Å². The number of carboxylic acid groups (broad SMARTS) is 1. The van der Waals surface area contributed by atoms with Crippen molar-refractivity contribution in [2.75, 3.05) is 50.0 Å². The number of aryl methyl sites for hydroxylation is 2. The number of fused-ring (bicyclic) bond motifs is 1. The van der Waals surface area contributed by atoms with Crippen LogP contribution in [0.25, 0.3) is 0 Å². The van der Waals surface area contributed by atoms with E-state index in [1.807, 2.05) is 0 Å². The maximum atomic E-state index is 13.3. The van der Waals surface area contributed by atoms with Crippen molar-refractivity contribution < 1.29 is 58.7 Å². The summed E-state index contributed by atoms with van der Waals surface area (Å²) in [6.45, 7) is 1.97. The second-order valence-electron chi connectivity index (χ2n) is 9.41. The Kier molecular flexibility index (Phi) is 10.7. The third-order valence-corrected chi connectivity index (χ3v) is 9.10. The molecule has 0 saturated carbocycles. The number of hydrogen-bond acceptors (Lipinski definition) is 15. The predicted octanol–water partition coefficient (Wildman–Crippen LogP) is -7.12. The van der Waals surface area contributed by atoms with Gasteiger partial charge in [0.2, 0.25) is 11.1 Å². The first-order chi connectivity index (χ1) is 20.2. The molecule has 5 rings (SSSR count). The molecule has 5 heterocycles. The second-order valence-corrected chi connectivity index (χ2v) is 11.5. The number of aliphatic carboxylic acids is 1. The zero-order valence-corrected chi connectivity index (χ0v) is 27.2. The first-order valence-electron chi connectivity index (χ1n) is 12.7. The number of piperazine rings is 1. The van der Waals surface area contributed by atoms with Gasteiger partial charge in [-0.25, -0.2) is 9.67 Å². The number of imidazole rings is 1. The number of nitrogens with two attached hydrogens (primary N) is 1. The summed E-state index contributed by atoms with van der Waals surface area (Å²) in [7, 11) is 3.27. The molecular formula is C22H27N12NaO6S2. The third kappa shape index (κ3) is 6.99. The number of nitrogens with zero attached hydrogens (tertiary/aromatic N) is 9. The fourth-order valence-electron chi connectivity index (χ4n) is 4.44. The molecule has 0 aromatic carbocycles. The van der Waals surface area contributed by atoms with Crippen LogP contribution in [-0.2, 0) is 38.1 Å². The predicted molar refractivity (Wildman–Crippen MR) is 146 cm³/mol. The standard InChI is InChI=1S/C22H28N12O6S2.Na/c1-31-7-12(25-21(31)23)14(28-40-8-13(35)33-5-3-24-4-6-33)17(36)26-15-18(37)34-16(20(38)39)11(9-41-19(15)34)10-42-22-27-29-30-32(22)2;/h7,15,19,24H,3-6,8-10H2,1-2H3,(H2,23,25)(H,26,36)(H,38,39);/q;+1/p-1/t15-,19+;/m1./s1. The number of carboxylic acids is 1. The van der Waals surface area contributed by atoms with Gasteiger partial charge in [-0.1, -0.05) is 16.9 Å². The van der Waals surface area contributed by atoms with E-state index in [1.54, 1.807) is 19.0 Å². The Bertz CT molecular complexity index is 1450. The van der Waals surface area contributed by atoms with Crippen molar-refractivity contribution in [3.63, 3.8) is 0 Å². The number of amides is 3. The average molecular weight is 643 g/mol. The molecule has 0 bridgehead atoms. The molecule has 0 aliphatic carbocycles. The number of carbonyl (C=O) groups excluding carboxylic acids is 4. The van der Waals surface area contributed by atoms with Crippen molar-refractivity contribution in [3.05, 3.63) is 23.2 Å². The monoisotopic (exact) mass is 642 g/mol. The van der Waals surface area contributed by atoms with Gasteiger partial charge in [-0.3, -0.25) is 19.3 Å². The summed E-state index contributed by atoms with van der Waals surface area (Å²) in [5.74, 6) is -2.64. The molecule has 21 heteroatoms. The summed E-state index contributed by atoms with van der Waals surface area (Å²) < 4.78 is 2.91. The van der Waals surface area contributed by atoms with Crippen molar-refractivity contribution in [3.8, 4) is 0 Å². The number of rotatable bonds is 10. The molecule has 3 aliphatic heterocycles. The molecule has 2 fully saturated rings. The van der Waals surface area contributed by atoms with Crippen molar-refractivity contribution in [2.45, 2.75) is 16.6 Å². The van der Waals surface area contributed by atoms with Crippen LogP contribution in [0.4, 0.5) is 5.95 Å². The van der Waals surface area contributed by atoms with Crippen molar-refractivity contribution >= 4 is 58.9 Å². The van der Waals surface area contributed by atoms with Gasteiger partial charge in [-0.2, -0.15) is 0 Å². The van der Waals surface area contributed by atoms with Gasteiger partial charge in [0.25, 0.3) is 17.7 Å². The van der Waals surface area contributed by atoms with Gasteiger partial charge in [0, 0.05) is 58.0 Å². The second kappa shape index (κ2) is 14.1. The average Bonchev–Trinajstić information content (AvgIpc) is 3.55. The van der Waals surface area contributed by atoms with Crippen LogP contribution < -0.4 is 51.0 Å². The van der Waals surface area contributed by atoms with E-state index in [1.165, 1.54) is 39.0 Å². The van der Waals surface area contributed by atoms with Crippen LogP contribution in [0.5, 0.6) is 0 Å². The number of β-lactam (4-membered cyclic amide) rings is 1. The van der Waals surface area contributed by atoms with E-state index in [4.69, 9.17) is 10.6 Å². The van der Waals surface area contributed by atoms with Crippen LogP contribution in [0, 0.1) is 0 Å². The Morgan fingerprint density at radius 2 is 2.05 bits per heavy atom. The minimum atomic E-state index is -1.50. The summed E-state index contributed by atoms with van der Waals surface area (Å²) in [4.78, 5) is 63.1. The molecule has 2 aromatic heterocycles. The summed E-state index contributed by atoms with van der Waals surface area (Å²) in [5, 5.41) is 32.6. The number of tetrazole rings is 1. The Morgan fingerprint density at radius 3 is 2.67 bits per heavy atom. The number of carbonyl (C=O) groups is 4. The van der Waals surface area contributed by atoms with Crippen LogP contribution in [0.1, 0.15) is 5.69 Å². The van der Waals surface area contributed by atoms with Gasteiger partial charge in [0.15, 0.2) is 12.3 Å². The summed E-state index contributed by atoms with van der Waals surface area (Å²) in [6, 6.07) is -1.05.